The number of rotatable bonds is 3. The Balaban J connectivity index is 2.70. The number of aromatic nitrogens is 3. The van der Waals surface area contributed by atoms with Crippen LogP contribution in [0.4, 0.5) is 0 Å². The van der Waals surface area contributed by atoms with Crippen LogP contribution in [0.5, 0.6) is 0 Å². The molecule has 2 heterocycles. The maximum Gasteiger partial charge on any atom is 0.341 e. The van der Waals surface area contributed by atoms with Crippen LogP contribution in [0.15, 0.2) is 35.4 Å². The second kappa shape index (κ2) is 5.01. The van der Waals surface area contributed by atoms with Crippen LogP contribution in [-0.2, 0) is 0 Å². The lowest BCUT2D eigenvalue weighted by Crippen LogP contribution is -2.30. The third kappa shape index (κ3) is 2.52. The van der Waals surface area contributed by atoms with Crippen molar-refractivity contribution >= 4 is 5.97 Å². The van der Waals surface area contributed by atoms with E-state index < -0.39 is 11.5 Å². The Kier molecular flexibility index (Phi) is 3.41. The molecular weight excluding hydrogens is 246 g/mol. The van der Waals surface area contributed by atoms with Crippen molar-refractivity contribution in [3.8, 4) is 11.3 Å². The molecule has 0 spiro atoms. The van der Waals surface area contributed by atoms with Gasteiger partial charge in [0, 0.05) is 18.0 Å². The van der Waals surface area contributed by atoms with E-state index in [1.165, 1.54) is 10.7 Å². The molecule has 0 radical (unpaired) electrons. The van der Waals surface area contributed by atoms with Gasteiger partial charge in [0.25, 0.3) is 5.56 Å². The van der Waals surface area contributed by atoms with Gasteiger partial charge in [-0.2, -0.15) is 5.10 Å². The maximum atomic E-state index is 11.9. The van der Waals surface area contributed by atoms with Gasteiger partial charge in [-0.15, -0.1) is 0 Å². The first-order valence-corrected chi connectivity index (χ1v) is 5.78. The standard InChI is InChI=1S/C13H13N3O3/c1-8(2)16-12(17)10(13(18)19)7-11(15-16)9-3-5-14-6-4-9/h3-8H,1-2H3,(H,18,19). The predicted molar refractivity (Wildman–Crippen MR) is 69.1 cm³/mol. The molecule has 0 aliphatic heterocycles. The van der Waals surface area contributed by atoms with E-state index in [-0.39, 0.29) is 11.6 Å². The summed E-state index contributed by atoms with van der Waals surface area (Å²) >= 11 is 0. The van der Waals surface area contributed by atoms with Gasteiger partial charge in [0.1, 0.15) is 5.56 Å². The molecular formula is C13H13N3O3. The molecule has 19 heavy (non-hydrogen) atoms. The van der Waals surface area contributed by atoms with Crippen molar-refractivity contribution in [3.63, 3.8) is 0 Å². The molecule has 6 nitrogen and oxygen atoms in total. The fraction of sp³-hybridized carbons (Fsp3) is 0.231. The van der Waals surface area contributed by atoms with Gasteiger partial charge in [-0.05, 0) is 32.0 Å². The normalized spacial score (nSPS) is 10.7. The summed E-state index contributed by atoms with van der Waals surface area (Å²) in [6, 6.07) is 4.50. The fourth-order valence-electron chi connectivity index (χ4n) is 1.68. The topological polar surface area (TPSA) is 85.1 Å². The molecule has 0 fully saturated rings. The maximum absolute atomic E-state index is 11.9. The van der Waals surface area contributed by atoms with Gasteiger partial charge in [0.2, 0.25) is 0 Å². The van der Waals surface area contributed by atoms with Crippen LogP contribution in [0.2, 0.25) is 0 Å². The van der Waals surface area contributed by atoms with E-state index in [0.717, 1.165) is 0 Å². The minimum Gasteiger partial charge on any atom is -0.477 e. The number of carboxylic acid groups (broad SMARTS) is 1. The highest BCUT2D eigenvalue weighted by Crippen LogP contribution is 2.16. The van der Waals surface area contributed by atoms with Crippen LogP contribution >= 0.6 is 0 Å². The first-order chi connectivity index (χ1) is 9.00. The largest absolute Gasteiger partial charge is 0.477 e. The summed E-state index contributed by atoms with van der Waals surface area (Å²) in [6.07, 6.45) is 3.17. The third-order valence-corrected chi connectivity index (χ3v) is 2.63. The summed E-state index contributed by atoms with van der Waals surface area (Å²) in [5, 5.41) is 13.3. The molecule has 98 valence electrons. The number of pyridine rings is 1. The minimum absolute atomic E-state index is 0.215. The van der Waals surface area contributed by atoms with E-state index in [1.807, 2.05) is 0 Å². The first kappa shape index (κ1) is 12.9. The van der Waals surface area contributed by atoms with Crippen LogP contribution in [-0.4, -0.2) is 25.8 Å². The molecule has 0 aliphatic rings. The van der Waals surface area contributed by atoms with Crippen molar-refractivity contribution in [3.05, 3.63) is 46.5 Å². The van der Waals surface area contributed by atoms with Crippen molar-refractivity contribution in [1.29, 1.82) is 0 Å². The lowest BCUT2D eigenvalue weighted by Gasteiger charge is -2.11. The van der Waals surface area contributed by atoms with E-state index in [0.29, 0.717) is 11.3 Å². The van der Waals surface area contributed by atoms with Crippen LogP contribution in [0.3, 0.4) is 0 Å². The molecule has 0 aromatic carbocycles. The van der Waals surface area contributed by atoms with Crippen molar-refractivity contribution in [2.24, 2.45) is 0 Å². The number of carboxylic acids is 1. The van der Waals surface area contributed by atoms with Crippen LogP contribution in [0.1, 0.15) is 30.2 Å². The Labute approximate surface area is 109 Å². The van der Waals surface area contributed by atoms with Gasteiger partial charge in [0.05, 0.1) is 11.7 Å². The molecule has 0 aliphatic carbocycles. The zero-order valence-corrected chi connectivity index (χ0v) is 10.6. The second-order valence-electron chi connectivity index (χ2n) is 4.33. The number of carbonyl (C=O) groups is 1. The zero-order valence-electron chi connectivity index (χ0n) is 10.6. The fourth-order valence-corrected chi connectivity index (χ4v) is 1.68. The minimum atomic E-state index is -1.25. The highest BCUT2D eigenvalue weighted by atomic mass is 16.4. The van der Waals surface area contributed by atoms with E-state index in [2.05, 4.69) is 10.1 Å². The van der Waals surface area contributed by atoms with Gasteiger partial charge >= 0.3 is 5.97 Å². The monoisotopic (exact) mass is 259 g/mol. The molecule has 0 saturated heterocycles. The molecule has 0 amide bonds. The van der Waals surface area contributed by atoms with Crippen molar-refractivity contribution in [1.82, 2.24) is 14.8 Å². The highest BCUT2D eigenvalue weighted by Gasteiger charge is 2.16. The van der Waals surface area contributed by atoms with Gasteiger partial charge in [0.15, 0.2) is 0 Å². The van der Waals surface area contributed by atoms with Gasteiger partial charge in [-0.3, -0.25) is 9.78 Å². The van der Waals surface area contributed by atoms with E-state index >= 15 is 0 Å². The third-order valence-electron chi connectivity index (χ3n) is 2.63. The predicted octanol–water partition coefficient (Wildman–Crippen LogP) is 1.58. The number of nitrogens with zero attached hydrogens (tertiary/aromatic N) is 3. The van der Waals surface area contributed by atoms with Gasteiger partial charge in [-0.25, -0.2) is 9.48 Å². The van der Waals surface area contributed by atoms with Crippen LogP contribution < -0.4 is 5.56 Å². The van der Waals surface area contributed by atoms with Crippen LogP contribution in [0.25, 0.3) is 11.3 Å². The molecule has 2 aromatic rings. The van der Waals surface area contributed by atoms with E-state index in [4.69, 9.17) is 5.11 Å². The Morgan fingerprint density at radius 2 is 1.95 bits per heavy atom. The molecule has 6 heteroatoms. The summed E-state index contributed by atoms with van der Waals surface area (Å²) in [4.78, 5) is 27.0. The smallest absolute Gasteiger partial charge is 0.341 e. The quantitative estimate of drug-likeness (QED) is 0.904. The van der Waals surface area contributed by atoms with Crippen molar-refractivity contribution in [2.45, 2.75) is 19.9 Å². The first-order valence-electron chi connectivity index (χ1n) is 5.78. The Bertz CT molecular complexity index is 663. The van der Waals surface area contributed by atoms with Gasteiger partial charge < -0.3 is 5.11 Å². The van der Waals surface area contributed by atoms with Crippen LogP contribution in [0, 0.1) is 0 Å². The average molecular weight is 259 g/mol. The summed E-state index contributed by atoms with van der Waals surface area (Å²) in [7, 11) is 0. The molecule has 0 bridgehead atoms. The van der Waals surface area contributed by atoms with Crippen molar-refractivity contribution < 1.29 is 9.90 Å². The lowest BCUT2D eigenvalue weighted by molar-refractivity contribution is 0.0693. The molecule has 0 atom stereocenters. The molecule has 0 saturated carbocycles. The number of aromatic carboxylic acids is 1. The Hall–Kier alpha value is -2.50. The lowest BCUT2D eigenvalue weighted by atomic mass is 10.1. The molecule has 2 rings (SSSR count). The summed E-state index contributed by atoms with van der Waals surface area (Å²) in [6.45, 7) is 3.55. The summed E-state index contributed by atoms with van der Waals surface area (Å²) in [5.74, 6) is -1.25. The Morgan fingerprint density at radius 1 is 1.32 bits per heavy atom. The van der Waals surface area contributed by atoms with E-state index in [9.17, 15) is 9.59 Å². The zero-order chi connectivity index (χ0) is 14.0. The molecule has 0 unspecified atom stereocenters. The molecule has 2 aromatic heterocycles. The average Bonchev–Trinajstić information content (AvgIpc) is 2.39. The second-order valence-corrected chi connectivity index (χ2v) is 4.33. The SMILES string of the molecule is CC(C)n1nc(-c2ccncc2)cc(C(=O)O)c1=O. The number of hydrogen-bond donors (Lipinski definition) is 1. The number of hydrogen-bond acceptors (Lipinski definition) is 4. The summed E-state index contributed by atoms with van der Waals surface area (Å²) in [5.41, 5.74) is 0.274. The van der Waals surface area contributed by atoms with Crippen molar-refractivity contribution in [2.75, 3.05) is 0 Å². The van der Waals surface area contributed by atoms with E-state index in [1.54, 1.807) is 38.4 Å². The Morgan fingerprint density at radius 3 is 2.47 bits per heavy atom. The van der Waals surface area contributed by atoms with Gasteiger partial charge in [-0.1, -0.05) is 0 Å². The molecule has 1 N–H and O–H groups in total. The highest BCUT2D eigenvalue weighted by molar-refractivity contribution is 5.88. The summed E-state index contributed by atoms with van der Waals surface area (Å²) < 4.78 is 1.18.